The molecule has 0 aromatic rings. The number of ketones is 1. The number of hydrogen-bond donors (Lipinski definition) is 2. The van der Waals surface area contributed by atoms with Crippen molar-refractivity contribution in [2.24, 2.45) is 0 Å². The molecule has 6 heteroatoms. The number of carbonyl (C=O) groups is 4. The van der Waals surface area contributed by atoms with Crippen molar-refractivity contribution in [3.8, 4) is 0 Å². The van der Waals surface area contributed by atoms with E-state index in [1.165, 1.54) is 6.92 Å². The molecule has 68 valence electrons. The van der Waals surface area contributed by atoms with Crippen LogP contribution in [0.15, 0.2) is 0 Å². The average molecular weight is 176 g/mol. The van der Waals surface area contributed by atoms with Crippen LogP contribution in [0.2, 0.25) is 0 Å². The Morgan fingerprint density at radius 2 is 1.58 bits per heavy atom. The van der Waals surface area contributed by atoms with Gasteiger partial charge in [-0.05, 0) is 6.92 Å². The molecule has 0 atom stereocenters. The Bertz CT molecular complexity index is 194. The number of rotatable bonds is 3. The molecule has 2 N–H and O–H groups in total. The van der Waals surface area contributed by atoms with E-state index >= 15 is 0 Å². The summed E-state index contributed by atoms with van der Waals surface area (Å²) < 4.78 is 0. The lowest BCUT2D eigenvalue weighted by molar-refractivity contribution is -0.152. The van der Waals surface area contributed by atoms with E-state index in [-0.39, 0.29) is 0 Å². The highest BCUT2D eigenvalue weighted by Crippen LogP contribution is 1.81. The van der Waals surface area contributed by atoms with Crippen LogP contribution in [0.5, 0.6) is 0 Å². The van der Waals surface area contributed by atoms with Crippen molar-refractivity contribution in [1.29, 1.82) is 0 Å². The summed E-state index contributed by atoms with van der Waals surface area (Å²) in [4.78, 5) is 38.0. The van der Waals surface area contributed by atoms with Crippen LogP contribution < -0.4 is 0 Å². The Labute approximate surface area is 67.8 Å². The first kappa shape index (κ1) is 12.9. The van der Waals surface area contributed by atoms with Gasteiger partial charge in [0.25, 0.3) is 5.78 Å². The maximum atomic E-state index is 9.97. The van der Waals surface area contributed by atoms with Crippen LogP contribution in [0.4, 0.5) is 0 Å². The highest BCUT2D eigenvalue weighted by Gasteiger charge is 2.14. The van der Waals surface area contributed by atoms with Crippen molar-refractivity contribution in [1.82, 2.24) is 0 Å². The largest absolute Gasteiger partial charge is 0.481 e. The van der Waals surface area contributed by atoms with Gasteiger partial charge in [0.1, 0.15) is 12.7 Å². The maximum absolute atomic E-state index is 9.97. The van der Waals surface area contributed by atoms with E-state index in [1.54, 1.807) is 0 Å². The predicted octanol–water partition coefficient (Wildman–Crippen LogP) is -0.680. The molecule has 0 radical (unpaired) electrons. The smallest absolute Gasteiger partial charge is 0.372 e. The Morgan fingerprint density at radius 1 is 1.25 bits per heavy atom. The first-order valence-electron chi connectivity index (χ1n) is 2.83. The average Bonchev–Trinajstić information content (AvgIpc) is 1.87. The second-order valence-electron chi connectivity index (χ2n) is 1.53. The van der Waals surface area contributed by atoms with E-state index in [0.717, 1.165) is 6.29 Å². The number of hydrogen-bond acceptors (Lipinski definition) is 4. The monoisotopic (exact) mass is 176 g/mol. The Balaban J connectivity index is 0. The Hall–Kier alpha value is -1.72. The summed E-state index contributed by atoms with van der Waals surface area (Å²) in [6.07, 6.45) is -0.199. The summed E-state index contributed by atoms with van der Waals surface area (Å²) >= 11 is 0. The quantitative estimate of drug-likeness (QED) is 0.335. The number of Topliss-reactive ketones (excluding diaryl/α,β-unsaturated/α-hetero) is 1. The minimum atomic E-state index is -1.71. The van der Waals surface area contributed by atoms with Gasteiger partial charge < -0.3 is 15.0 Å². The minimum Gasteiger partial charge on any atom is -0.481 e. The lowest BCUT2D eigenvalue weighted by Crippen LogP contribution is -2.16. The van der Waals surface area contributed by atoms with Crippen LogP contribution in [-0.4, -0.2) is 34.2 Å². The number of carboxylic acid groups (broad SMARTS) is 2. The summed E-state index contributed by atoms with van der Waals surface area (Å²) in [5.74, 6) is -4.44. The Kier molecular flexibility index (Phi) is 7.95. The van der Waals surface area contributed by atoms with Crippen LogP contribution in [-0.2, 0) is 19.2 Å². The molecule has 12 heavy (non-hydrogen) atoms. The van der Waals surface area contributed by atoms with Crippen LogP contribution in [0.25, 0.3) is 0 Å². The van der Waals surface area contributed by atoms with E-state index < -0.39 is 24.1 Å². The molecule has 0 aromatic heterocycles. The first-order chi connectivity index (χ1) is 5.45. The van der Waals surface area contributed by atoms with Crippen molar-refractivity contribution >= 4 is 24.0 Å². The second kappa shape index (κ2) is 7.39. The van der Waals surface area contributed by atoms with Crippen molar-refractivity contribution in [2.45, 2.75) is 13.3 Å². The van der Waals surface area contributed by atoms with E-state index in [1.807, 2.05) is 0 Å². The van der Waals surface area contributed by atoms with Crippen LogP contribution in [0.3, 0.4) is 0 Å². The molecular formula is C6H8O6. The lowest BCUT2D eigenvalue weighted by atomic mass is 10.3. The number of carboxylic acids is 2. The van der Waals surface area contributed by atoms with E-state index in [2.05, 4.69) is 0 Å². The molecule has 0 heterocycles. The van der Waals surface area contributed by atoms with Gasteiger partial charge in [0, 0.05) is 0 Å². The number of carbonyl (C=O) groups excluding carboxylic acids is 2. The highest BCUT2D eigenvalue weighted by atomic mass is 16.4. The van der Waals surface area contributed by atoms with Crippen molar-refractivity contribution in [3.05, 3.63) is 0 Å². The molecule has 0 saturated carbocycles. The molecule has 0 fully saturated rings. The van der Waals surface area contributed by atoms with Gasteiger partial charge in [-0.1, -0.05) is 0 Å². The zero-order chi connectivity index (χ0) is 10.1. The van der Waals surface area contributed by atoms with Gasteiger partial charge in [-0.2, -0.15) is 0 Å². The van der Waals surface area contributed by atoms with E-state index in [9.17, 15) is 14.4 Å². The van der Waals surface area contributed by atoms with Gasteiger partial charge in [0.05, 0.1) is 0 Å². The van der Waals surface area contributed by atoms with Crippen LogP contribution >= 0.6 is 0 Å². The van der Waals surface area contributed by atoms with Crippen LogP contribution in [0.1, 0.15) is 13.3 Å². The van der Waals surface area contributed by atoms with Crippen LogP contribution in [0, 0.1) is 0 Å². The molecule has 0 unspecified atom stereocenters. The van der Waals surface area contributed by atoms with Gasteiger partial charge in [0.15, 0.2) is 0 Å². The summed E-state index contributed by atoms with van der Waals surface area (Å²) in [5.41, 5.74) is 0. The molecular weight excluding hydrogens is 168 g/mol. The van der Waals surface area contributed by atoms with Crippen molar-refractivity contribution < 1.29 is 29.4 Å². The summed E-state index contributed by atoms with van der Waals surface area (Å²) in [7, 11) is 0. The molecule has 0 saturated heterocycles. The summed E-state index contributed by atoms with van der Waals surface area (Å²) in [6, 6.07) is 0. The zero-order valence-electron chi connectivity index (χ0n) is 6.31. The number of aliphatic carboxylic acids is 2. The maximum Gasteiger partial charge on any atom is 0.372 e. The molecule has 0 aromatic carbocycles. The van der Waals surface area contributed by atoms with Crippen molar-refractivity contribution in [2.75, 3.05) is 0 Å². The molecule has 0 spiro atoms. The summed E-state index contributed by atoms with van der Waals surface area (Å²) in [6.45, 7) is 1.44. The normalized spacial score (nSPS) is 7.42. The second-order valence-corrected chi connectivity index (χ2v) is 1.53. The molecule has 0 aliphatic rings. The fourth-order valence-corrected chi connectivity index (χ4v) is 0.213. The van der Waals surface area contributed by atoms with Gasteiger partial charge in [-0.15, -0.1) is 0 Å². The van der Waals surface area contributed by atoms with Crippen molar-refractivity contribution in [3.63, 3.8) is 0 Å². The minimum absolute atomic E-state index is 0.750. The fourth-order valence-electron chi connectivity index (χ4n) is 0.213. The molecule has 0 aliphatic carbocycles. The number of aldehydes is 1. The third-order valence-corrected chi connectivity index (χ3v) is 0.550. The van der Waals surface area contributed by atoms with Gasteiger partial charge >= 0.3 is 11.9 Å². The summed E-state index contributed by atoms with van der Waals surface area (Å²) in [5, 5.41) is 15.7. The fraction of sp³-hybridized carbons (Fsp3) is 0.333. The topological polar surface area (TPSA) is 109 Å². The standard InChI is InChI=1S/C4H4O5.C2H4O/c5-2(4(8)9)1-3(6)7;1-2-3/h1H2,(H,6,7)(H,8,9);2H,1H3. The van der Waals surface area contributed by atoms with E-state index in [4.69, 9.17) is 15.0 Å². The van der Waals surface area contributed by atoms with Gasteiger partial charge in [-0.3, -0.25) is 9.59 Å². The first-order valence-corrected chi connectivity index (χ1v) is 2.83. The third-order valence-electron chi connectivity index (χ3n) is 0.550. The molecule has 0 rings (SSSR count). The van der Waals surface area contributed by atoms with E-state index in [0.29, 0.717) is 0 Å². The predicted molar refractivity (Wildman–Crippen MR) is 36.6 cm³/mol. The highest BCUT2D eigenvalue weighted by molar-refractivity contribution is 6.35. The Morgan fingerprint density at radius 3 is 1.67 bits per heavy atom. The molecule has 0 bridgehead atoms. The SMILES string of the molecule is CC=O.O=C(O)CC(=O)C(=O)O. The van der Waals surface area contributed by atoms with Gasteiger partial charge in [-0.25, -0.2) is 4.79 Å². The zero-order valence-corrected chi connectivity index (χ0v) is 6.31. The molecule has 0 amide bonds. The third kappa shape index (κ3) is 11.1. The molecule has 6 nitrogen and oxygen atoms in total. The molecule has 0 aliphatic heterocycles. The van der Waals surface area contributed by atoms with Gasteiger partial charge in [0.2, 0.25) is 0 Å². The lowest BCUT2D eigenvalue weighted by Gasteiger charge is -1.85.